The summed E-state index contributed by atoms with van der Waals surface area (Å²) < 4.78 is 5.84. The van der Waals surface area contributed by atoms with Crippen LogP contribution in [0.2, 0.25) is 0 Å². The van der Waals surface area contributed by atoms with Crippen LogP contribution in [-0.4, -0.2) is 34.8 Å². The van der Waals surface area contributed by atoms with Crippen LogP contribution >= 0.6 is 23.1 Å². The first-order valence-electron chi connectivity index (χ1n) is 8.32. The first-order chi connectivity index (χ1) is 13.5. The molecule has 9 heteroatoms. The van der Waals surface area contributed by atoms with Crippen LogP contribution in [0, 0.1) is 0 Å². The number of carbonyl (C=O) groups is 2. The van der Waals surface area contributed by atoms with Crippen molar-refractivity contribution in [2.24, 2.45) is 0 Å². The molecule has 2 aromatic carbocycles. The topological polar surface area (TPSA) is 93.2 Å². The van der Waals surface area contributed by atoms with E-state index >= 15 is 0 Å². The zero-order valence-electron chi connectivity index (χ0n) is 15.3. The van der Waals surface area contributed by atoms with E-state index in [4.69, 9.17) is 4.74 Å². The van der Waals surface area contributed by atoms with E-state index in [9.17, 15) is 9.59 Å². The Hall–Kier alpha value is -2.91. The molecule has 0 fully saturated rings. The van der Waals surface area contributed by atoms with Crippen molar-refractivity contribution >= 4 is 51.3 Å². The van der Waals surface area contributed by atoms with E-state index in [1.54, 1.807) is 31.4 Å². The number of benzene rings is 2. The van der Waals surface area contributed by atoms with Crippen molar-refractivity contribution in [1.82, 2.24) is 10.2 Å². The Balaban J connectivity index is 1.53. The van der Waals surface area contributed by atoms with Crippen LogP contribution in [0.25, 0.3) is 0 Å². The maximum atomic E-state index is 12.3. The average Bonchev–Trinajstić information content (AvgIpc) is 3.14. The van der Waals surface area contributed by atoms with Crippen LogP contribution in [0.4, 0.5) is 16.5 Å². The molecule has 0 spiro atoms. The summed E-state index contributed by atoms with van der Waals surface area (Å²) in [4.78, 5) is 23.4. The fourth-order valence-corrected chi connectivity index (χ4v) is 3.94. The van der Waals surface area contributed by atoms with Gasteiger partial charge in [0.25, 0.3) is 0 Å². The Morgan fingerprint density at radius 1 is 1.04 bits per heavy atom. The molecule has 0 aliphatic rings. The number of ether oxygens (including phenoxy) is 1. The third-order valence-electron chi connectivity index (χ3n) is 3.60. The zero-order valence-corrected chi connectivity index (χ0v) is 16.9. The third-order valence-corrected chi connectivity index (χ3v) is 5.57. The Bertz CT molecular complexity index is 956. The van der Waals surface area contributed by atoms with Gasteiger partial charge in [-0.05, 0) is 48.5 Å². The van der Waals surface area contributed by atoms with Gasteiger partial charge in [-0.15, -0.1) is 10.2 Å². The maximum Gasteiger partial charge on any atom is 0.221 e. The summed E-state index contributed by atoms with van der Waals surface area (Å²) in [6, 6.07) is 14.3. The molecule has 144 valence electrons. The Labute approximate surface area is 170 Å². The number of Topliss-reactive ketones (excluding diaryl/α,β-unsaturated/α-hetero) is 1. The number of ketones is 1. The van der Waals surface area contributed by atoms with Crippen molar-refractivity contribution in [3.05, 3.63) is 54.1 Å². The molecule has 1 aromatic heterocycles. The van der Waals surface area contributed by atoms with Gasteiger partial charge in [-0.1, -0.05) is 23.1 Å². The van der Waals surface area contributed by atoms with Crippen molar-refractivity contribution < 1.29 is 14.3 Å². The second kappa shape index (κ2) is 9.34. The van der Waals surface area contributed by atoms with Gasteiger partial charge in [-0.2, -0.15) is 0 Å². The lowest BCUT2D eigenvalue weighted by Crippen LogP contribution is -2.06. The van der Waals surface area contributed by atoms with Crippen LogP contribution in [0.5, 0.6) is 5.75 Å². The van der Waals surface area contributed by atoms with Gasteiger partial charge in [-0.25, -0.2) is 0 Å². The van der Waals surface area contributed by atoms with Gasteiger partial charge in [0.2, 0.25) is 11.0 Å². The van der Waals surface area contributed by atoms with E-state index in [0.29, 0.717) is 20.7 Å². The largest absolute Gasteiger partial charge is 0.497 e. The highest BCUT2D eigenvalue weighted by molar-refractivity contribution is 8.01. The molecular formula is C19H18N4O3S2. The number of thioether (sulfide) groups is 1. The molecule has 7 nitrogen and oxygen atoms in total. The molecule has 3 rings (SSSR count). The standard InChI is InChI=1S/C19H18N4O3S2/c1-12(24)20-14-5-3-13(4-6-14)17(25)11-27-19-23-22-18(28-19)21-15-7-9-16(26-2)10-8-15/h3-10H,11H2,1-2H3,(H,20,24)(H,21,22). The van der Waals surface area contributed by atoms with Crippen molar-refractivity contribution in [3.63, 3.8) is 0 Å². The summed E-state index contributed by atoms with van der Waals surface area (Å²) in [7, 11) is 1.62. The second-order valence-electron chi connectivity index (χ2n) is 5.70. The summed E-state index contributed by atoms with van der Waals surface area (Å²) in [6.45, 7) is 1.44. The van der Waals surface area contributed by atoms with Gasteiger partial charge in [0.05, 0.1) is 12.9 Å². The van der Waals surface area contributed by atoms with Gasteiger partial charge in [-0.3, -0.25) is 9.59 Å². The summed E-state index contributed by atoms with van der Waals surface area (Å²) in [5, 5.41) is 14.7. The van der Waals surface area contributed by atoms with Gasteiger partial charge < -0.3 is 15.4 Å². The van der Waals surface area contributed by atoms with E-state index in [0.717, 1.165) is 11.4 Å². The number of rotatable bonds is 8. The van der Waals surface area contributed by atoms with Gasteiger partial charge in [0, 0.05) is 23.9 Å². The average molecular weight is 415 g/mol. The SMILES string of the molecule is COc1ccc(Nc2nnc(SCC(=O)c3ccc(NC(C)=O)cc3)s2)cc1. The Morgan fingerprint density at radius 2 is 1.71 bits per heavy atom. The van der Waals surface area contributed by atoms with Crippen LogP contribution in [-0.2, 0) is 4.79 Å². The molecule has 0 saturated heterocycles. The molecule has 0 atom stereocenters. The van der Waals surface area contributed by atoms with E-state index in [1.807, 2.05) is 24.3 Å². The lowest BCUT2D eigenvalue weighted by atomic mass is 10.1. The minimum atomic E-state index is -0.148. The second-order valence-corrected chi connectivity index (χ2v) is 7.90. The molecule has 0 aliphatic heterocycles. The summed E-state index contributed by atoms with van der Waals surface area (Å²) in [5.74, 6) is 0.878. The van der Waals surface area contributed by atoms with Gasteiger partial charge >= 0.3 is 0 Å². The zero-order chi connectivity index (χ0) is 19.9. The lowest BCUT2D eigenvalue weighted by Gasteiger charge is -2.04. The number of carbonyl (C=O) groups excluding carboxylic acids is 2. The molecule has 0 saturated carbocycles. The molecule has 0 radical (unpaired) electrons. The number of anilines is 3. The predicted octanol–water partition coefficient (Wildman–Crippen LogP) is 4.22. The molecule has 0 unspecified atom stereocenters. The highest BCUT2D eigenvalue weighted by Crippen LogP contribution is 2.28. The van der Waals surface area contributed by atoms with Crippen molar-refractivity contribution in [1.29, 1.82) is 0 Å². The maximum absolute atomic E-state index is 12.3. The van der Waals surface area contributed by atoms with Crippen molar-refractivity contribution in [2.75, 3.05) is 23.5 Å². The highest BCUT2D eigenvalue weighted by atomic mass is 32.2. The monoisotopic (exact) mass is 414 g/mol. The lowest BCUT2D eigenvalue weighted by molar-refractivity contribution is -0.114. The number of hydrogen-bond acceptors (Lipinski definition) is 8. The van der Waals surface area contributed by atoms with Crippen LogP contribution < -0.4 is 15.4 Å². The minimum absolute atomic E-state index is 0.0146. The van der Waals surface area contributed by atoms with Crippen molar-refractivity contribution in [3.8, 4) is 5.75 Å². The van der Waals surface area contributed by atoms with Crippen LogP contribution in [0.1, 0.15) is 17.3 Å². The summed E-state index contributed by atoms with van der Waals surface area (Å²) in [5.41, 5.74) is 2.13. The smallest absolute Gasteiger partial charge is 0.221 e. The van der Waals surface area contributed by atoms with Crippen LogP contribution in [0.3, 0.4) is 0 Å². The molecular weight excluding hydrogens is 396 g/mol. The predicted molar refractivity (Wildman–Crippen MR) is 112 cm³/mol. The van der Waals surface area contributed by atoms with Crippen LogP contribution in [0.15, 0.2) is 52.9 Å². The molecule has 28 heavy (non-hydrogen) atoms. The number of hydrogen-bond donors (Lipinski definition) is 2. The molecule has 3 aromatic rings. The highest BCUT2D eigenvalue weighted by Gasteiger charge is 2.11. The van der Waals surface area contributed by atoms with Gasteiger partial charge in [0.15, 0.2) is 10.1 Å². The Morgan fingerprint density at radius 3 is 2.36 bits per heavy atom. The van der Waals surface area contributed by atoms with E-state index in [-0.39, 0.29) is 17.4 Å². The molecule has 1 amide bonds. The number of amides is 1. The normalized spacial score (nSPS) is 10.4. The molecule has 1 heterocycles. The molecule has 2 N–H and O–H groups in total. The Kier molecular flexibility index (Phi) is 6.62. The van der Waals surface area contributed by atoms with Crippen molar-refractivity contribution in [2.45, 2.75) is 11.3 Å². The fourth-order valence-electron chi connectivity index (χ4n) is 2.27. The number of nitrogens with zero attached hydrogens (tertiary/aromatic N) is 2. The molecule has 0 aliphatic carbocycles. The van der Waals surface area contributed by atoms with E-state index < -0.39 is 0 Å². The number of nitrogens with one attached hydrogen (secondary N) is 2. The van der Waals surface area contributed by atoms with Gasteiger partial charge in [0.1, 0.15) is 5.75 Å². The van der Waals surface area contributed by atoms with E-state index in [2.05, 4.69) is 20.8 Å². The summed E-state index contributed by atoms with van der Waals surface area (Å²) >= 11 is 2.72. The fraction of sp³-hybridized carbons (Fsp3) is 0.158. The third kappa shape index (κ3) is 5.54. The van der Waals surface area contributed by atoms with E-state index in [1.165, 1.54) is 30.0 Å². The number of methoxy groups -OCH3 is 1. The quantitative estimate of drug-likeness (QED) is 0.421. The summed E-state index contributed by atoms with van der Waals surface area (Å²) in [6.07, 6.45) is 0. The molecule has 0 bridgehead atoms. The number of aromatic nitrogens is 2. The minimum Gasteiger partial charge on any atom is -0.497 e. The first kappa shape index (κ1) is 19.8. The first-order valence-corrected chi connectivity index (χ1v) is 10.1.